The van der Waals surface area contributed by atoms with Crippen LogP contribution in [0.2, 0.25) is 5.02 Å². The summed E-state index contributed by atoms with van der Waals surface area (Å²) < 4.78 is 1.65. The first-order valence-corrected chi connectivity index (χ1v) is 9.17. The van der Waals surface area contributed by atoms with Crippen LogP contribution in [0.1, 0.15) is 40.5 Å². The van der Waals surface area contributed by atoms with Crippen LogP contribution in [0.25, 0.3) is 5.52 Å². The summed E-state index contributed by atoms with van der Waals surface area (Å²) >= 11 is 6.13. The molecular formula is C20H21ClN4O2. The molecule has 0 saturated heterocycles. The average Bonchev–Trinajstić information content (AvgIpc) is 3.05. The molecule has 0 fully saturated rings. The number of anilines is 1. The van der Waals surface area contributed by atoms with E-state index in [9.17, 15) is 9.59 Å². The van der Waals surface area contributed by atoms with Crippen LogP contribution < -0.4 is 5.32 Å². The molecular weight excluding hydrogens is 364 g/mol. The van der Waals surface area contributed by atoms with E-state index in [-0.39, 0.29) is 17.4 Å². The Kier molecular flexibility index (Phi) is 5.46. The van der Waals surface area contributed by atoms with Gasteiger partial charge in [0.2, 0.25) is 5.82 Å². The van der Waals surface area contributed by atoms with Gasteiger partial charge in [-0.2, -0.15) is 0 Å². The maximum atomic E-state index is 12.8. The molecule has 0 aliphatic carbocycles. The number of hydrogen-bond acceptors (Lipinski definition) is 3. The Bertz CT molecular complexity index is 1010. The second kappa shape index (κ2) is 7.80. The number of nitrogens with one attached hydrogen (secondary N) is 1. The summed E-state index contributed by atoms with van der Waals surface area (Å²) in [5, 5.41) is 3.37. The van der Waals surface area contributed by atoms with Crippen LogP contribution in [0.3, 0.4) is 0 Å². The van der Waals surface area contributed by atoms with E-state index < -0.39 is 5.91 Å². The number of carbonyl (C=O) groups excluding carboxylic acids is 2. The van der Waals surface area contributed by atoms with Gasteiger partial charge < -0.3 is 10.2 Å². The van der Waals surface area contributed by atoms with Crippen LogP contribution in [0, 0.1) is 6.92 Å². The number of halogens is 1. The molecule has 0 unspecified atom stereocenters. The fraction of sp³-hybridized carbons (Fsp3) is 0.250. The predicted molar refractivity (Wildman–Crippen MR) is 107 cm³/mol. The van der Waals surface area contributed by atoms with E-state index in [0.717, 1.165) is 5.56 Å². The molecule has 0 spiro atoms. The molecule has 0 radical (unpaired) electrons. The van der Waals surface area contributed by atoms with Crippen molar-refractivity contribution in [1.29, 1.82) is 0 Å². The normalized spacial score (nSPS) is 10.8. The van der Waals surface area contributed by atoms with Gasteiger partial charge >= 0.3 is 0 Å². The van der Waals surface area contributed by atoms with Crippen LogP contribution in [0.15, 0.2) is 42.6 Å². The van der Waals surface area contributed by atoms with Crippen LogP contribution in [-0.4, -0.2) is 39.2 Å². The Hall–Kier alpha value is -2.86. The van der Waals surface area contributed by atoms with E-state index in [1.165, 1.54) is 0 Å². The second-order valence-electron chi connectivity index (χ2n) is 6.14. The van der Waals surface area contributed by atoms with Gasteiger partial charge in [0.15, 0.2) is 5.69 Å². The lowest BCUT2D eigenvalue weighted by Crippen LogP contribution is -2.32. The molecule has 2 aromatic heterocycles. The van der Waals surface area contributed by atoms with Crippen molar-refractivity contribution in [3.8, 4) is 0 Å². The number of pyridine rings is 1. The van der Waals surface area contributed by atoms with Crippen molar-refractivity contribution in [1.82, 2.24) is 14.3 Å². The summed E-state index contributed by atoms with van der Waals surface area (Å²) in [4.78, 5) is 31.6. The average molecular weight is 385 g/mol. The highest BCUT2D eigenvalue weighted by molar-refractivity contribution is 6.31. The lowest BCUT2D eigenvalue weighted by Gasteiger charge is -2.17. The van der Waals surface area contributed by atoms with Crippen LogP contribution >= 0.6 is 11.6 Å². The summed E-state index contributed by atoms with van der Waals surface area (Å²) in [6.45, 7) is 6.85. The van der Waals surface area contributed by atoms with Gasteiger partial charge in [0.25, 0.3) is 11.8 Å². The summed E-state index contributed by atoms with van der Waals surface area (Å²) in [5.41, 5.74) is 2.27. The lowest BCUT2D eigenvalue weighted by atomic mass is 10.2. The number of nitrogens with zero attached hydrogens (tertiary/aromatic N) is 3. The fourth-order valence-electron chi connectivity index (χ4n) is 2.87. The van der Waals surface area contributed by atoms with Crippen molar-refractivity contribution >= 4 is 34.6 Å². The van der Waals surface area contributed by atoms with E-state index in [4.69, 9.17) is 11.6 Å². The zero-order valence-electron chi connectivity index (χ0n) is 15.5. The van der Waals surface area contributed by atoms with Crippen molar-refractivity contribution < 1.29 is 9.59 Å². The predicted octanol–water partition coefficient (Wildman–Crippen LogP) is 4.03. The van der Waals surface area contributed by atoms with Gasteiger partial charge in [-0.05, 0) is 50.6 Å². The number of hydrogen-bond donors (Lipinski definition) is 1. The van der Waals surface area contributed by atoms with Gasteiger partial charge in [0, 0.05) is 30.0 Å². The SMILES string of the molecule is CCN(CC)C(=O)c1nc(C(=O)Nc2ccc(C)c(Cl)c2)c2ccccn12. The van der Waals surface area contributed by atoms with E-state index in [1.54, 1.807) is 39.8 Å². The molecule has 7 heteroatoms. The van der Waals surface area contributed by atoms with E-state index >= 15 is 0 Å². The lowest BCUT2D eigenvalue weighted by molar-refractivity contribution is 0.0760. The zero-order chi connectivity index (χ0) is 19.6. The van der Waals surface area contributed by atoms with Crippen molar-refractivity contribution in [3.05, 3.63) is 64.7 Å². The summed E-state index contributed by atoms with van der Waals surface area (Å²) in [7, 11) is 0. The quantitative estimate of drug-likeness (QED) is 0.722. The highest BCUT2D eigenvalue weighted by atomic mass is 35.5. The van der Waals surface area contributed by atoms with Gasteiger partial charge in [-0.3, -0.25) is 14.0 Å². The minimum atomic E-state index is -0.391. The highest BCUT2D eigenvalue weighted by Gasteiger charge is 2.24. The summed E-state index contributed by atoms with van der Waals surface area (Å²) in [5.74, 6) is -0.378. The number of aromatic nitrogens is 2. The van der Waals surface area contributed by atoms with Gasteiger partial charge in [0.05, 0.1) is 5.52 Å². The smallest absolute Gasteiger partial charge is 0.290 e. The molecule has 0 atom stereocenters. The van der Waals surface area contributed by atoms with E-state index in [0.29, 0.717) is 29.3 Å². The van der Waals surface area contributed by atoms with Gasteiger partial charge in [-0.15, -0.1) is 0 Å². The number of benzene rings is 1. The first-order chi connectivity index (χ1) is 13.0. The number of aryl methyl sites for hydroxylation is 1. The third-order valence-corrected chi connectivity index (χ3v) is 4.84. The molecule has 0 aliphatic rings. The topological polar surface area (TPSA) is 66.7 Å². The number of imidazole rings is 1. The minimum absolute atomic E-state index is 0.197. The summed E-state index contributed by atoms with van der Waals surface area (Å²) in [6.07, 6.45) is 1.73. The maximum Gasteiger partial charge on any atom is 0.290 e. The van der Waals surface area contributed by atoms with Gasteiger partial charge in [-0.25, -0.2) is 4.98 Å². The largest absolute Gasteiger partial charge is 0.337 e. The molecule has 3 rings (SSSR count). The molecule has 1 N–H and O–H groups in total. The molecule has 0 saturated carbocycles. The van der Waals surface area contributed by atoms with Crippen molar-refractivity contribution in [2.45, 2.75) is 20.8 Å². The molecule has 3 aromatic rings. The van der Waals surface area contributed by atoms with Crippen molar-refractivity contribution in [2.24, 2.45) is 0 Å². The Morgan fingerprint density at radius 3 is 2.59 bits per heavy atom. The Labute approximate surface area is 162 Å². The third-order valence-electron chi connectivity index (χ3n) is 4.44. The highest BCUT2D eigenvalue weighted by Crippen LogP contribution is 2.21. The monoisotopic (exact) mass is 384 g/mol. The number of rotatable bonds is 5. The molecule has 0 bridgehead atoms. The number of amides is 2. The summed E-state index contributed by atoms with van der Waals surface area (Å²) in [6, 6.07) is 10.7. The van der Waals surface area contributed by atoms with E-state index in [1.807, 2.05) is 32.9 Å². The van der Waals surface area contributed by atoms with E-state index in [2.05, 4.69) is 10.3 Å². The number of fused-ring (bicyclic) bond motifs is 1. The molecule has 2 heterocycles. The molecule has 27 heavy (non-hydrogen) atoms. The van der Waals surface area contributed by atoms with Crippen LogP contribution in [0.4, 0.5) is 5.69 Å². The zero-order valence-corrected chi connectivity index (χ0v) is 16.2. The Balaban J connectivity index is 2.00. The number of carbonyl (C=O) groups is 2. The second-order valence-corrected chi connectivity index (χ2v) is 6.54. The maximum absolute atomic E-state index is 12.8. The fourth-order valence-corrected chi connectivity index (χ4v) is 3.05. The molecule has 140 valence electrons. The Morgan fingerprint density at radius 1 is 1.19 bits per heavy atom. The van der Waals surface area contributed by atoms with Gasteiger partial charge in [-0.1, -0.05) is 23.7 Å². The molecule has 6 nitrogen and oxygen atoms in total. The molecule has 2 amide bonds. The van der Waals surface area contributed by atoms with Crippen LogP contribution in [-0.2, 0) is 0 Å². The van der Waals surface area contributed by atoms with Crippen molar-refractivity contribution in [3.63, 3.8) is 0 Å². The molecule has 0 aliphatic heterocycles. The van der Waals surface area contributed by atoms with Crippen molar-refractivity contribution in [2.75, 3.05) is 18.4 Å². The minimum Gasteiger partial charge on any atom is -0.337 e. The standard InChI is InChI=1S/C20H21ClN4O2/c1-4-24(5-2)20(27)18-23-17(16-8-6-7-11-25(16)18)19(26)22-14-10-9-13(3)15(21)12-14/h6-12H,4-5H2,1-3H3,(H,22,26). The third kappa shape index (κ3) is 3.66. The van der Waals surface area contributed by atoms with Crippen LogP contribution in [0.5, 0.6) is 0 Å². The first-order valence-electron chi connectivity index (χ1n) is 8.80. The Morgan fingerprint density at radius 2 is 1.93 bits per heavy atom. The van der Waals surface area contributed by atoms with Gasteiger partial charge in [0.1, 0.15) is 0 Å². The first kappa shape index (κ1) is 18.9. The molecule has 1 aromatic carbocycles.